The SMILES string of the molecule is CC(NS(=O)(=O)c1ccc(F)cc1)C(=O)Nc1cc(C(F)(F)F)ccc1Cl. The van der Waals surface area contributed by atoms with E-state index in [0.717, 1.165) is 36.4 Å². The van der Waals surface area contributed by atoms with Crippen LogP contribution in [0, 0.1) is 5.82 Å². The van der Waals surface area contributed by atoms with Gasteiger partial charge in [0.05, 0.1) is 27.2 Å². The minimum atomic E-state index is -4.64. The van der Waals surface area contributed by atoms with Gasteiger partial charge in [-0.05, 0) is 49.4 Å². The van der Waals surface area contributed by atoms with Gasteiger partial charge in [0, 0.05) is 0 Å². The maximum Gasteiger partial charge on any atom is 0.416 e. The van der Waals surface area contributed by atoms with E-state index in [2.05, 4.69) is 5.32 Å². The van der Waals surface area contributed by atoms with Crippen molar-refractivity contribution >= 4 is 33.2 Å². The first kappa shape index (κ1) is 21.1. The fourth-order valence-electron chi connectivity index (χ4n) is 2.01. The number of nitrogens with one attached hydrogen (secondary N) is 2. The van der Waals surface area contributed by atoms with E-state index in [1.54, 1.807) is 0 Å². The first-order valence-electron chi connectivity index (χ1n) is 7.35. The minimum Gasteiger partial charge on any atom is -0.323 e. The predicted molar refractivity (Wildman–Crippen MR) is 91.3 cm³/mol. The third-order valence-corrected chi connectivity index (χ3v) is 5.29. The van der Waals surface area contributed by atoms with Crippen molar-refractivity contribution in [3.8, 4) is 0 Å². The molecule has 0 saturated heterocycles. The largest absolute Gasteiger partial charge is 0.416 e. The van der Waals surface area contributed by atoms with Gasteiger partial charge < -0.3 is 5.32 Å². The van der Waals surface area contributed by atoms with E-state index in [1.165, 1.54) is 6.92 Å². The average Bonchev–Trinajstić information content (AvgIpc) is 2.55. The lowest BCUT2D eigenvalue weighted by molar-refractivity contribution is -0.137. The number of benzene rings is 2. The molecule has 0 aliphatic rings. The summed E-state index contributed by atoms with van der Waals surface area (Å²) in [5, 5.41) is 2.00. The Bertz CT molecular complexity index is 947. The number of alkyl halides is 3. The van der Waals surface area contributed by atoms with Crippen LogP contribution < -0.4 is 10.0 Å². The van der Waals surface area contributed by atoms with Crippen LogP contribution in [0.4, 0.5) is 23.2 Å². The Labute approximate surface area is 157 Å². The Balaban J connectivity index is 2.15. The summed E-state index contributed by atoms with van der Waals surface area (Å²) in [5.41, 5.74) is -1.34. The van der Waals surface area contributed by atoms with Crippen LogP contribution >= 0.6 is 11.6 Å². The van der Waals surface area contributed by atoms with E-state index in [0.29, 0.717) is 6.07 Å². The van der Waals surface area contributed by atoms with Crippen LogP contribution in [0.25, 0.3) is 0 Å². The van der Waals surface area contributed by atoms with Crippen molar-refractivity contribution in [3.05, 3.63) is 58.9 Å². The molecule has 27 heavy (non-hydrogen) atoms. The molecule has 2 aromatic rings. The molecule has 0 saturated carbocycles. The summed E-state index contributed by atoms with van der Waals surface area (Å²) < 4.78 is 77.6. The summed E-state index contributed by atoms with van der Waals surface area (Å²) in [4.78, 5) is 11.9. The average molecular weight is 425 g/mol. The Kier molecular flexibility index (Phi) is 6.13. The second-order valence-electron chi connectivity index (χ2n) is 5.48. The van der Waals surface area contributed by atoms with E-state index in [-0.39, 0.29) is 15.6 Å². The number of halogens is 5. The normalized spacial score (nSPS) is 13.3. The lowest BCUT2D eigenvalue weighted by Gasteiger charge is -2.16. The molecule has 146 valence electrons. The van der Waals surface area contributed by atoms with Crippen LogP contribution in [-0.4, -0.2) is 20.4 Å². The number of hydrogen-bond acceptors (Lipinski definition) is 3. The predicted octanol–water partition coefficient (Wildman–Crippen LogP) is 3.80. The second-order valence-corrected chi connectivity index (χ2v) is 7.60. The summed E-state index contributed by atoms with van der Waals surface area (Å²) in [7, 11) is -4.15. The highest BCUT2D eigenvalue weighted by Gasteiger charge is 2.31. The van der Waals surface area contributed by atoms with Crippen LogP contribution in [0.2, 0.25) is 5.02 Å². The Hall–Kier alpha value is -2.17. The van der Waals surface area contributed by atoms with Gasteiger partial charge in [-0.25, -0.2) is 12.8 Å². The molecule has 0 aromatic heterocycles. The van der Waals surface area contributed by atoms with Crippen molar-refractivity contribution in [1.29, 1.82) is 0 Å². The van der Waals surface area contributed by atoms with Crippen molar-refractivity contribution in [2.45, 2.75) is 24.0 Å². The van der Waals surface area contributed by atoms with Gasteiger partial charge in [0.2, 0.25) is 15.9 Å². The topological polar surface area (TPSA) is 75.3 Å². The van der Waals surface area contributed by atoms with Crippen molar-refractivity contribution in [2.75, 3.05) is 5.32 Å². The van der Waals surface area contributed by atoms with Crippen molar-refractivity contribution in [1.82, 2.24) is 4.72 Å². The molecule has 2 rings (SSSR count). The van der Waals surface area contributed by atoms with Gasteiger partial charge in [-0.15, -0.1) is 0 Å². The molecule has 0 heterocycles. The number of amides is 1. The van der Waals surface area contributed by atoms with Gasteiger partial charge in [-0.3, -0.25) is 4.79 Å². The molecule has 1 atom stereocenters. The van der Waals surface area contributed by atoms with E-state index in [9.17, 15) is 30.8 Å². The number of rotatable bonds is 5. The van der Waals surface area contributed by atoms with Crippen LogP contribution in [0.1, 0.15) is 12.5 Å². The second kappa shape index (κ2) is 7.83. The third-order valence-electron chi connectivity index (χ3n) is 3.40. The smallest absolute Gasteiger partial charge is 0.323 e. The maximum absolute atomic E-state index is 12.9. The zero-order valence-electron chi connectivity index (χ0n) is 13.6. The van der Waals surface area contributed by atoms with Gasteiger partial charge in [0.15, 0.2) is 0 Å². The first-order chi connectivity index (χ1) is 12.4. The molecule has 0 radical (unpaired) electrons. The fraction of sp³-hybridized carbons (Fsp3) is 0.188. The summed E-state index contributed by atoms with van der Waals surface area (Å²) in [6.45, 7) is 1.19. The quantitative estimate of drug-likeness (QED) is 0.717. The standard InChI is InChI=1S/C16H13ClF4N2O3S/c1-9(23-27(25,26)12-5-3-11(18)4-6-12)15(24)22-14-8-10(16(19,20)21)2-7-13(14)17/h2-9,23H,1H3,(H,22,24). The lowest BCUT2D eigenvalue weighted by Crippen LogP contribution is -2.41. The monoisotopic (exact) mass is 424 g/mol. The van der Waals surface area contributed by atoms with E-state index in [4.69, 9.17) is 11.6 Å². The molecule has 0 aliphatic carbocycles. The zero-order valence-corrected chi connectivity index (χ0v) is 15.2. The molecule has 5 nitrogen and oxygen atoms in total. The van der Waals surface area contributed by atoms with Crippen LogP contribution in [0.15, 0.2) is 47.4 Å². The molecule has 11 heteroatoms. The molecule has 0 bridgehead atoms. The highest BCUT2D eigenvalue weighted by atomic mass is 35.5. The summed E-state index contributed by atoms with van der Waals surface area (Å²) >= 11 is 5.78. The van der Waals surface area contributed by atoms with Gasteiger partial charge in [-0.2, -0.15) is 17.9 Å². The van der Waals surface area contributed by atoms with Gasteiger partial charge >= 0.3 is 6.18 Å². The lowest BCUT2D eigenvalue weighted by atomic mass is 10.2. The number of anilines is 1. The molecule has 1 unspecified atom stereocenters. The van der Waals surface area contributed by atoms with Crippen LogP contribution in [-0.2, 0) is 21.0 Å². The van der Waals surface area contributed by atoms with Crippen molar-refractivity contribution < 1.29 is 30.8 Å². The number of carbonyl (C=O) groups is 1. The Morgan fingerprint density at radius 3 is 2.26 bits per heavy atom. The molecule has 0 spiro atoms. The zero-order chi connectivity index (χ0) is 20.4. The minimum absolute atomic E-state index is 0.148. The van der Waals surface area contributed by atoms with Gasteiger partial charge in [0.25, 0.3) is 0 Å². The highest BCUT2D eigenvalue weighted by molar-refractivity contribution is 7.89. The Morgan fingerprint density at radius 1 is 1.11 bits per heavy atom. The molecule has 1 amide bonds. The van der Waals surface area contributed by atoms with Crippen LogP contribution in [0.5, 0.6) is 0 Å². The van der Waals surface area contributed by atoms with E-state index in [1.807, 2.05) is 4.72 Å². The molecule has 2 N–H and O–H groups in total. The summed E-state index contributed by atoms with van der Waals surface area (Å²) in [5.74, 6) is -1.57. The number of sulfonamides is 1. The molecule has 0 fully saturated rings. The van der Waals surface area contributed by atoms with Crippen LogP contribution in [0.3, 0.4) is 0 Å². The third kappa shape index (κ3) is 5.41. The molecule has 2 aromatic carbocycles. The fourth-order valence-corrected chi connectivity index (χ4v) is 3.37. The molecule has 0 aliphatic heterocycles. The molecular formula is C16H13ClF4N2O3S. The van der Waals surface area contributed by atoms with Crippen molar-refractivity contribution in [2.24, 2.45) is 0 Å². The number of hydrogen-bond donors (Lipinski definition) is 2. The Morgan fingerprint density at radius 2 is 1.70 bits per heavy atom. The molecular weight excluding hydrogens is 412 g/mol. The maximum atomic E-state index is 12.9. The van der Waals surface area contributed by atoms with E-state index >= 15 is 0 Å². The van der Waals surface area contributed by atoms with Gasteiger partial charge in [-0.1, -0.05) is 11.6 Å². The summed E-state index contributed by atoms with van der Waals surface area (Å²) in [6.07, 6.45) is -4.64. The van der Waals surface area contributed by atoms with Crippen molar-refractivity contribution in [3.63, 3.8) is 0 Å². The number of carbonyl (C=O) groups excluding carboxylic acids is 1. The van der Waals surface area contributed by atoms with E-state index < -0.39 is 39.5 Å². The van der Waals surface area contributed by atoms with Gasteiger partial charge in [0.1, 0.15) is 5.82 Å². The summed E-state index contributed by atoms with van der Waals surface area (Å²) in [6, 6.07) is 4.89. The highest BCUT2D eigenvalue weighted by Crippen LogP contribution is 2.33. The first-order valence-corrected chi connectivity index (χ1v) is 9.22.